The molecular weight excluding hydrogens is 198 g/mol. The van der Waals surface area contributed by atoms with Crippen LogP contribution in [0.5, 0.6) is 0 Å². The Hall–Kier alpha value is -1.02. The van der Waals surface area contributed by atoms with Gasteiger partial charge in [0.15, 0.2) is 0 Å². The standard InChI is InChI=1S/C14H21NO/c1-14(10-11-16-14)9-8-12-4-6-13(7-5-12)15(2)3/h4-7H,8-11H2,1-3H3. The Morgan fingerprint density at radius 3 is 2.31 bits per heavy atom. The summed E-state index contributed by atoms with van der Waals surface area (Å²) in [6, 6.07) is 8.80. The molecule has 0 spiro atoms. The quantitative estimate of drug-likeness (QED) is 0.772. The first-order valence-electron chi connectivity index (χ1n) is 5.99. The fourth-order valence-electron chi connectivity index (χ4n) is 2.02. The number of aryl methyl sites for hydroxylation is 1. The van der Waals surface area contributed by atoms with Crippen LogP contribution in [0.1, 0.15) is 25.3 Å². The largest absolute Gasteiger partial charge is 0.378 e. The first kappa shape index (κ1) is 11.5. The van der Waals surface area contributed by atoms with Crippen LogP contribution in [0.3, 0.4) is 0 Å². The van der Waals surface area contributed by atoms with Crippen molar-refractivity contribution in [3.8, 4) is 0 Å². The summed E-state index contributed by atoms with van der Waals surface area (Å²) in [5.41, 5.74) is 2.82. The zero-order chi connectivity index (χ0) is 11.6. The number of nitrogens with zero attached hydrogens (tertiary/aromatic N) is 1. The molecule has 2 nitrogen and oxygen atoms in total. The van der Waals surface area contributed by atoms with E-state index in [9.17, 15) is 0 Å². The zero-order valence-electron chi connectivity index (χ0n) is 10.5. The molecule has 1 fully saturated rings. The van der Waals surface area contributed by atoms with Gasteiger partial charge in [-0.1, -0.05) is 12.1 Å². The molecule has 0 aromatic heterocycles. The van der Waals surface area contributed by atoms with E-state index in [1.165, 1.54) is 17.7 Å². The van der Waals surface area contributed by atoms with Gasteiger partial charge >= 0.3 is 0 Å². The Balaban J connectivity index is 1.90. The third kappa shape index (κ3) is 2.56. The Morgan fingerprint density at radius 1 is 1.25 bits per heavy atom. The minimum atomic E-state index is 0.153. The Labute approximate surface area is 98.2 Å². The summed E-state index contributed by atoms with van der Waals surface area (Å²) in [5.74, 6) is 0. The van der Waals surface area contributed by atoms with Crippen molar-refractivity contribution in [2.24, 2.45) is 0 Å². The fraction of sp³-hybridized carbons (Fsp3) is 0.571. The van der Waals surface area contributed by atoms with Crippen LogP contribution in [0.25, 0.3) is 0 Å². The summed E-state index contributed by atoms with van der Waals surface area (Å²) in [4.78, 5) is 2.13. The van der Waals surface area contributed by atoms with Crippen LogP contribution in [-0.2, 0) is 11.2 Å². The molecule has 1 atom stereocenters. The van der Waals surface area contributed by atoms with E-state index < -0.39 is 0 Å². The van der Waals surface area contributed by atoms with Crippen LogP contribution >= 0.6 is 0 Å². The van der Waals surface area contributed by atoms with Crippen LogP contribution in [0, 0.1) is 0 Å². The van der Waals surface area contributed by atoms with Crippen molar-refractivity contribution in [1.29, 1.82) is 0 Å². The molecule has 1 aliphatic heterocycles. The molecule has 0 aliphatic carbocycles. The molecule has 0 bridgehead atoms. The number of rotatable bonds is 4. The third-order valence-corrected chi connectivity index (χ3v) is 3.48. The predicted octanol–water partition coefficient (Wildman–Crippen LogP) is 2.86. The van der Waals surface area contributed by atoms with Gasteiger partial charge in [-0.25, -0.2) is 0 Å². The molecule has 1 aliphatic rings. The van der Waals surface area contributed by atoms with Crippen molar-refractivity contribution in [2.75, 3.05) is 25.6 Å². The SMILES string of the molecule is CN(C)c1ccc(CCC2(C)CCO2)cc1. The average Bonchev–Trinajstić information content (AvgIpc) is 2.24. The van der Waals surface area contributed by atoms with E-state index >= 15 is 0 Å². The molecule has 0 amide bonds. The van der Waals surface area contributed by atoms with Gasteiger partial charge in [0, 0.05) is 19.8 Å². The van der Waals surface area contributed by atoms with Gasteiger partial charge in [-0.15, -0.1) is 0 Å². The normalized spacial score (nSPS) is 23.9. The molecule has 1 aromatic carbocycles. The van der Waals surface area contributed by atoms with Crippen molar-refractivity contribution >= 4 is 5.69 Å². The summed E-state index contributed by atoms with van der Waals surface area (Å²) in [7, 11) is 4.14. The number of benzene rings is 1. The lowest BCUT2D eigenvalue weighted by Crippen LogP contribution is -2.40. The molecule has 1 heterocycles. The minimum absolute atomic E-state index is 0.153. The molecule has 16 heavy (non-hydrogen) atoms. The third-order valence-electron chi connectivity index (χ3n) is 3.48. The maximum atomic E-state index is 5.59. The van der Waals surface area contributed by atoms with Gasteiger partial charge in [-0.2, -0.15) is 0 Å². The molecule has 1 aromatic rings. The number of hydrogen-bond donors (Lipinski definition) is 0. The summed E-state index contributed by atoms with van der Waals surface area (Å²) in [6.45, 7) is 3.15. The highest BCUT2D eigenvalue weighted by molar-refractivity contribution is 5.46. The van der Waals surface area contributed by atoms with E-state index in [1.807, 2.05) is 0 Å². The van der Waals surface area contributed by atoms with E-state index in [0.29, 0.717) is 0 Å². The van der Waals surface area contributed by atoms with Gasteiger partial charge in [0.1, 0.15) is 0 Å². The number of ether oxygens (including phenoxy) is 1. The van der Waals surface area contributed by atoms with Crippen molar-refractivity contribution in [1.82, 2.24) is 0 Å². The van der Waals surface area contributed by atoms with E-state index in [1.54, 1.807) is 0 Å². The van der Waals surface area contributed by atoms with Gasteiger partial charge in [0.2, 0.25) is 0 Å². The highest BCUT2D eigenvalue weighted by Gasteiger charge is 2.32. The second kappa shape index (κ2) is 4.46. The first-order valence-corrected chi connectivity index (χ1v) is 5.99. The van der Waals surface area contributed by atoms with Crippen LogP contribution in [0.15, 0.2) is 24.3 Å². The van der Waals surface area contributed by atoms with Gasteiger partial charge in [0.25, 0.3) is 0 Å². The maximum Gasteiger partial charge on any atom is 0.0679 e. The van der Waals surface area contributed by atoms with E-state index in [2.05, 4.69) is 50.2 Å². The molecule has 88 valence electrons. The summed E-state index contributed by atoms with van der Waals surface area (Å²) < 4.78 is 5.59. The molecule has 2 heteroatoms. The summed E-state index contributed by atoms with van der Waals surface area (Å²) in [6.07, 6.45) is 3.46. The van der Waals surface area contributed by atoms with Crippen molar-refractivity contribution < 1.29 is 4.74 Å². The zero-order valence-corrected chi connectivity index (χ0v) is 10.5. The van der Waals surface area contributed by atoms with Crippen LogP contribution in [0.2, 0.25) is 0 Å². The van der Waals surface area contributed by atoms with Gasteiger partial charge in [-0.3, -0.25) is 0 Å². The summed E-state index contributed by atoms with van der Waals surface area (Å²) >= 11 is 0. The molecule has 0 radical (unpaired) electrons. The molecule has 2 rings (SSSR count). The van der Waals surface area contributed by atoms with E-state index in [4.69, 9.17) is 4.74 Å². The topological polar surface area (TPSA) is 12.5 Å². The van der Waals surface area contributed by atoms with Gasteiger partial charge in [-0.05, 0) is 43.9 Å². The van der Waals surface area contributed by atoms with Gasteiger partial charge in [0.05, 0.1) is 12.2 Å². The smallest absolute Gasteiger partial charge is 0.0679 e. The number of anilines is 1. The van der Waals surface area contributed by atoms with Crippen molar-refractivity contribution in [2.45, 2.75) is 31.8 Å². The van der Waals surface area contributed by atoms with E-state index in [0.717, 1.165) is 19.4 Å². The monoisotopic (exact) mass is 219 g/mol. The second-order valence-corrected chi connectivity index (χ2v) is 5.11. The van der Waals surface area contributed by atoms with Crippen LogP contribution < -0.4 is 4.90 Å². The molecule has 0 N–H and O–H groups in total. The summed E-state index contributed by atoms with van der Waals surface area (Å²) in [5, 5.41) is 0. The first-order chi connectivity index (χ1) is 7.59. The Morgan fingerprint density at radius 2 is 1.88 bits per heavy atom. The van der Waals surface area contributed by atoms with Crippen molar-refractivity contribution in [3.05, 3.63) is 29.8 Å². The Kier molecular flexibility index (Phi) is 3.20. The van der Waals surface area contributed by atoms with Gasteiger partial charge < -0.3 is 9.64 Å². The Bertz CT molecular complexity index is 338. The lowest BCUT2D eigenvalue weighted by atomic mass is 9.90. The average molecular weight is 219 g/mol. The predicted molar refractivity (Wildman–Crippen MR) is 68.1 cm³/mol. The van der Waals surface area contributed by atoms with Crippen LogP contribution in [-0.4, -0.2) is 26.3 Å². The van der Waals surface area contributed by atoms with Crippen molar-refractivity contribution in [3.63, 3.8) is 0 Å². The lowest BCUT2D eigenvalue weighted by molar-refractivity contribution is -0.137. The lowest BCUT2D eigenvalue weighted by Gasteiger charge is -2.38. The van der Waals surface area contributed by atoms with E-state index in [-0.39, 0.29) is 5.60 Å². The molecule has 0 saturated carbocycles. The fourth-order valence-corrected chi connectivity index (χ4v) is 2.02. The second-order valence-electron chi connectivity index (χ2n) is 5.11. The van der Waals surface area contributed by atoms with Crippen LogP contribution in [0.4, 0.5) is 5.69 Å². The highest BCUT2D eigenvalue weighted by atomic mass is 16.5. The molecular formula is C14H21NO. The maximum absolute atomic E-state index is 5.59. The minimum Gasteiger partial charge on any atom is -0.378 e. The highest BCUT2D eigenvalue weighted by Crippen LogP contribution is 2.30. The molecule has 1 saturated heterocycles. The molecule has 1 unspecified atom stereocenters. The number of hydrogen-bond acceptors (Lipinski definition) is 2.